The number of rotatable bonds is 3. The third kappa shape index (κ3) is 2.43. The molecule has 1 heteroatoms. The number of benzene rings is 2. The van der Waals surface area contributed by atoms with E-state index in [0.717, 1.165) is 29.5 Å². The van der Waals surface area contributed by atoms with Crippen molar-refractivity contribution in [3.63, 3.8) is 0 Å². The molecule has 0 aliphatic carbocycles. The lowest BCUT2D eigenvalue weighted by atomic mass is 9.96. The van der Waals surface area contributed by atoms with Crippen molar-refractivity contribution in [2.75, 3.05) is 0 Å². The van der Waals surface area contributed by atoms with Gasteiger partial charge in [0, 0.05) is 0 Å². The van der Waals surface area contributed by atoms with Crippen LogP contribution < -0.4 is 0 Å². The van der Waals surface area contributed by atoms with Crippen LogP contribution in [0.15, 0.2) is 42.5 Å². The van der Waals surface area contributed by atoms with Crippen LogP contribution in [0.25, 0.3) is 11.1 Å². The highest BCUT2D eigenvalue weighted by Gasteiger charge is 2.05. The Morgan fingerprint density at radius 3 is 2.06 bits per heavy atom. The Hall–Kier alpha value is -2.07. The van der Waals surface area contributed by atoms with Crippen LogP contribution in [-0.2, 0) is 12.8 Å². The van der Waals surface area contributed by atoms with E-state index in [1.807, 2.05) is 6.07 Å². The summed E-state index contributed by atoms with van der Waals surface area (Å²) >= 11 is 0. The molecule has 0 spiro atoms. The van der Waals surface area contributed by atoms with Crippen molar-refractivity contribution in [1.82, 2.24) is 0 Å². The Morgan fingerprint density at radius 2 is 1.50 bits per heavy atom. The van der Waals surface area contributed by atoms with Gasteiger partial charge in [0.25, 0.3) is 0 Å². The normalized spacial score (nSPS) is 10.1. The molecule has 0 aliphatic rings. The van der Waals surface area contributed by atoms with E-state index in [-0.39, 0.29) is 0 Å². The van der Waals surface area contributed by atoms with Crippen LogP contribution in [0, 0.1) is 11.3 Å². The summed E-state index contributed by atoms with van der Waals surface area (Å²) in [6, 6.07) is 16.9. The SMILES string of the molecule is CCc1ccc(-c2ccc(CC)cc2C#N)cc1. The largest absolute Gasteiger partial charge is 0.192 e. The number of nitrogens with zero attached hydrogens (tertiary/aromatic N) is 1. The molecular weight excluding hydrogens is 218 g/mol. The minimum atomic E-state index is 0.763. The smallest absolute Gasteiger partial charge is 0.0998 e. The van der Waals surface area contributed by atoms with Gasteiger partial charge in [-0.3, -0.25) is 0 Å². The standard InChI is InChI=1S/C17H17N/c1-3-13-5-8-15(9-6-13)17-10-7-14(4-2)11-16(17)12-18/h5-11H,3-4H2,1-2H3. The molecule has 0 N–H and O–H groups in total. The van der Waals surface area contributed by atoms with Crippen molar-refractivity contribution < 1.29 is 0 Å². The minimum Gasteiger partial charge on any atom is -0.192 e. The third-order valence-electron chi connectivity index (χ3n) is 3.29. The van der Waals surface area contributed by atoms with E-state index in [0.29, 0.717) is 0 Å². The highest BCUT2D eigenvalue weighted by Crippen LogP contribution is 2.25. The zero-order chi connectivity index (χ0) is 13.0. The van der Waals surface area contributed by atoms with Crippen molar-refractivity contribution in [3.05, 3.63) is 59.2 Å². The Balaban J connectivity index is 2.46. The topological polar surface area (TPSA) is 23.8 Å². The van der Waals surface area contributed by atoms with Crippen molar-refractivity contribution in [2.45, 2.75) is 26.7 Å². The minimum absolute atomic E-state index is 0.763. The van der Waals surface area contributed by atoms with E-state index in [4.69, 9.17) is 0 Å². The molecule has 18 heavy (non-hydrogen) atoms. The summed E-state index contributed by atoms with van der Waals surface area (Å²) in [6.45, 7) is 4.25. The Morgan fingerprint density at radius 1 is 0.889 bits per heavy atom. The lowest BCUT2D eigenvalue weighted by Gasteiger charge is -2.07. The number of hydrogen-bond donors (Lipinski definition) is 0. The summed E-state index contributed by atoms with van der Waals surface area (Å²) in [7, 11) is 0. The molecule has 0 heterocycles. The average molecular weight is 235 g/mol. The lowest BCUT2D eigenvalue weighted by molar-refractivity contribution is 1.13. The van der Waals surface area contributed by atoms with E-state index in [2.05, 4.69) is 56.3 Å². The van der Waals surface area contributed by atoms with Crippen LogP contribution in [-0.4, -0.2) is 0 Å². The molecule has 0 atom stereocenters. The van der Waals surface area contributed by atoms with Gasteiger partial charge in [-0.25, -0.2) is 0 Å². The van der Waals surface area contributed by atoms with E-state index in [9.17, 15) is 5.26 Å². The molecule has 0 amide bonds. The summed E-state index contributed by atoms with van der Waals surface area (Å²) in [5.74, 6) is 0. The van der Waals surface area contributed by atoms with Gasteiger partial charge in [-0.05, 0) is 41.2 Å². The van der Waals surface area contributed by atoms with Crippen molar-refractivity contribution >= 4 is 0 Å². The van der Waals surface area contributed by atoms with Gasteiger partial charge in [0.2, 0.25) is 0 Å². The first-order valence-electron chi connectivity index (χ1n) is 6.40. The summed E-state index contributed by atoms with van der Waals surface area (Å²) < 4.78 is 0. The van der Waals surface area contributed by atoms with Crippen LogP contribution in [0.5, 0.6) is 0 Å². The van der Waals surface area contributed by atoms with Crippen LogP contribution in [0.3, 0.4) is 0 Å². The van der Waals surface area contributed by atoms with Crippen molar-refractivity contribution in [3.8, 4) is 17.2 Å². The zero-order valence-electron chi connectivity index (χ0n) is 10.9. The first kappa shape index (κ1) is 12.4. The number of aryl methyl sites for hydroxylation is 2. The first-order valence-corrected chi connectivity index (χ1v) is 6.40. The van der Waals surface area contributed by atoms with Crippen molar-refractivity contribution in [1.29, 1.82) is 5.26 Å². The predicted molar refractivity (Wildman–Crippen MR) is 75.3 cm³/mol. The number of nitriles is 1. The van der Waals surface area contributed by atoms with Gasteiger partial charge in [-0.15, -0.1) is 0 Å². The molecule has 2 rings (SSSR count). The maximum absolute atomic E-state index is 9.25. The third-order valence-corrected chi connectivity index (χ3v) is 3.29. The van der Waals surface area contributed by atoms with E-state index < -0.39 is 0 Å². The fourth-order valence-electron chi connectivity index (χ4n) is 2.08. The van der Waals surface area contributed by atoms with Gasteiger partial charge in [0.15, 0.2) is 0 Å². The monoisotopic (exact) mass is 235 g/mol. The van der Waals surface area contributed by atoms with Crippen LogP contribution in [0.2, 0.25) is 0 Å². The van der Waals surface area contributed by atoms with Gasteiger partial charge >= 0.3 is 0 Å². The number of hydrogen-bond acceptors (Lipinski definition) is 1. The molecule has 90 valence electrons. The molecule has 1 nitrogen and oxygen atoms in total. The fourth-order valence-corrected chi connectivity index (χ4v) is 2.08. The van der Waals surface area contributed by atoms with Gasteiger partial charge in [-0.1, -0.05) is 50.2 Å². The van der Waals surface area contributed by atoms with E-state index in [1.165, 1.54) is 11.1 Å². The quantitative estimate of drug-likeness (QED) is 0.775. The molecule has 0 aromatic heterocycles. The molecule has 0 saturated carbocycles. The van der Waals surface area contributed by atoms with Crippen LogP contribution in [0.1, 0.15) is 30.5 Å². The molecule has 0 unspecified atom stereocenters. The molecule has 0 fully saturated rings. The maximum Gasteiger partial charge on any atom is 0.0998 e. The second kappa shape index (κ2) is 5.51. The second-order valence-corrected chi connectivity index (χ2v) is 4.40. The molecular formula is C17H17N. The van der Waals surface area contributed by atoms with Gasteiger partial charge in [0.1, 0.15) is 0 Å². The molecule has 0 bridgehead atoms. The molecule has 0 aliphatic heterocycles. The highest BCUT2D eigenvalue weighted by molar-refractivity contribution is 5.71. The molecule has 0 saturated heterocycles. The summed E-state index contributed by atoms with van der Waals surface area (Å²) in [6.07, 6.45) is 2.00. The Kier molecular flexibility index (Phi) is 3.79. The zero-order valence-corrected chi connectivity index (χ0v) is 10.9. The highest BCUT2D eigenvalue weighted by atomic mass is 14.2. The molecule has 2 aromatic carbocycles. The van der Waals surface area contributed by atoms with Crippen LogP contribution >= 0.6 is 0 Å². The predicted octanol–water partition coefficient (Wildman–Crippen LogP) is 4.35. The summed E-state index contributed by atoms with van der Waals surface area (Å²) in [5, 5.41) is 9.25. The second-order valence-electron chi connectivity index (χ2n) is 4.40. The average Bonchev–Trinajstić information content (AvgIpc) is 2.46. The summed E-state index contributed by atoms with van der Waals surface area (Å²) in [4.78, 5) is 0. The van der Waals surface area contributed by atoms with Gasteiger partial charge in [-0.2, -0.15) is 5.26 Å². The van der Waals surface area contributed by atoms with Gasteiger partial charge < -0.3 is 0 Å². The van der Waals surface area contributed by atoms with Crippen molar-refractivity contribution in [2.24, 2.45) is 0 Å². The Labute approximate surface area is 109 Å². The molecule has 2 aromatic rings. The van der Waals surface area contributed by atoms with E-state index in [1.54, 1.807) is 0 Å². The van der Waals surface area contributed by atoms with Crippen LogP contribution in [0.4, 0.5) is 0 Å². The first-order chi connectivity index (χ1) is 8.78. The Bertz CT molecular complexity index is 574. The molecule has 0 radical (unpaired) electrons. The van der Waals surface area contributed by atoms with E-state index >= 15 is 0 Å². The maximum atomic E-state index is 9.25. The summed E-state index contributed by atoms with van der Waals surface area (Å²) in [5.41, 5.74) is 5.44. The lowest BCUT2D eigenvalue weighted by Crippen LogP contribution is -1.89. The van der Waals surface area contributed by atoms with Gasteiger partial charge in [0.05, 0.1) is 11.6 Å². The fraction of sp³-hybridized carbons (Fsp3) is 0.235.